The lowest BCUT2D eigenvalue weighted by atomic mass is 10.1. The van der Waals surface area contributed by atoms with Crippen molar-refractivity contribution in [1.82, 2.24) is 3.97 Å². The normalized spacial score (nSPS) is 11.8. The van der Waals surface area contributed by atoms with E-state index >= 15 is 0 Å². The third-order valence-electron chi connectivity index (χ3n) is 2.95. The highest BCUT2D eigenvalue weighted by Crippen LogP contribution is 2.26. The summed E-state index contributed by atoms with van der Waals surface area (Å²) in [6.07, 6.45) is 1.44. The van der Waals surface area contributed by atoms with Crippen LogP contribution in [0, 0.1) is 0 Å². The minimum absolute atomic E-state index is 0.174. The Bertz CT molecular complexity index is 847. The van der Waals surface area contributed by atoms with E-state index in [4.69, 9.17) is 11.6 Å². The van der Waals surface area contributed by atoms with Crippen LogP contribution in [0.2, 0.25) is 5.15 Å². The van der Waals surface area contributed by atoms with Gasteiger partial charge in [-0.15, -0.1) is 0 Å². The van der Waals surface area contributed by atoms with Gasteiger partial charge in [0, 0.05) is 11.6 Å². The molecule has 0 amide bonds. The van der Waals surface area contributed by atoms with Gasteiger partial charge in [0.15, 0.2) is 0 Å². The molecule has 0 saturated carbocycles. The van der Waals surface area contributed by atoms with Crippen molar-refractivity contribution < 1.29 is 8.42 Å². The molecule has 0 saturated heterocycles. The van der Waals surface area contributed by atoms with Crippen LogP contribution in [-0.4, -0.2) is 12.4 Å². The number of hydrogen-bond acceptors (Lipinski definition) is 2. The van der Waals surface area contributed by atoms with Crippen LogP contribution in [0.3, 0.4) is 0 Å². The summed E-state index contributed by atoms with van der Waals surface area (Å²) in [5, 5.41) is 1.74. The monoisotopic (exact) mass is 291 g/mol. The van der Waals surface area contributed by atoms with Crippen LogP contribution in [0.15, 0.2) is 65.7 Å². The van der Waals surface area contributed by atoms with Gasteiger partial charge in [-0.25, -0.2) is 12.4 Å². The maximum atomic E-state index is 12.6. The van der Waals surface area contributed by atoms with E-state index < -0.39 is 10.0 Å². The molecule has 0 bridgehead atoms. The summed E-state index contributed by atoms with van der Waals surface area (Å²) in [6, 6.07) is 15.7. The van der Waals surface area contributed by atoms with E-state index in [0.29, 0.717) is 5.39 Å². The predicted octanol–water partition coefficient (Wildman–Crippen LogP) is 3.53. The van der Waals surface area contributed by atoms with Crippen LogP contribution in [-0.2, 0) is 10.0 Å². The second kappa shape index (κ2) is 4.40. The molecular weight excluding hydrogens is 282 g/mol. The number of aromatic nitrogens is 1. The highest BCUT2D eigenvalue weighted by Gasteiger charge is 2.20. The molecule has 0 fully saturated rings. The van der Waals surface area contributed by atoms with Crippen molar-refractivity contribution in [1.29, 1.82) is 0 Å². The fourth-order valence-electron chi connectivity index (χ4n) is 2.07. The minimum atomic E-state index is -3.67. The van der Waals surface area contributed by atoms with E-state index in [1.165, 1.54) is 6.20 Å². The van der Waals surface area contributed by atoms with Crippen LogP contribution in [0.25, 0.3) is 10.8 Å². The summed E-state index contributed by atoms with van der Waals surface area (Å²) in [4.78, 5) is 0.253. The lowest BCUT2D eigenvalue weighted by Crippen LogP contribution is -2.12. The van der Waals surface area contributed by atoms with Gasteiger partial charge in [0.2, 0.25) is 0 Å². The van der Waals surface area contributed by atoms with Gasteiger partial charge in [-0.2, -0.15) is 0 Å². The molecule has 0 spiro atoms. The molecule has 1 heterocycles. The molecule has 3 rings (SSSR count). The van der Waals surface area contributed by atoms with Gasteiger partial charge in [0.25, 0.3) is 10.0 Å². The van der Waals surface area contributed by atoms with Crippen molar-refractivity contribution in [3.8, 4) is 0 Å². The maximum Gasteiger partial charge on any atom is 0.269 e. The Morgan fingerprint density at radius 2 is 1.63 bits per heavy atom. The largest absolute Gasteiger partial charge is 0.269 e. The average molecular weight is 292 g/mol. The van der Waals surface area contributed by atoms with Gasteiger partial charge in [-0.1, -0.05) is 48.0 Å². The zero-order chi connectivity index (χ0) is 13.5. The molecule has 0 atom stereocenters. The number of fused-ring (bicyclic) bond motifs is 1. The molecular formula is C14H10ClNO2S. The Morgan fingerprint density at radius 3 is 2.37 bits per heavy atom. The van der Waals surface area contributed by atoms with Crippen molar-refractivity contribution in [3.63, 3.8) is 0 Å². The second-order valence-corrected chi connectivity index (χ2v) is 6.28. The number of rotatable bonds is 2. The maximum absolute atomic E-state index is 12.6. The van der Waals surface area contributed by atoms with Crippen molar-refractivity contribution in [2.45, 2.75) is 4.90 Å². The Morgan fingerprint density at radius 1 is 0.895 bits per heavy atom. The Balaban J connectivity index is 2.34. The Kier molecular flexibility index (Phi) is 2.84. The van der Waals surface area contributed by atoms with Crippen molar-refractivity contribution in [3.05, 3.63) is 65.9 Å². The number of halogens is 1. The first kappa shape index (κ1) is 12.3. The van der Waals surface area contributed by atoms with E-state index in [2.05, 4.69) is 0 Å². The standard InChI is InChI=1S/C14H10ClNO2S/c15-14-9-4-10-16(14)19(17,18)13-8-3-6-11-5-1-2-7-12(11)13/h1-10H. The first-order chi connectivity index (χ1) is 9.10. The van der Waals surface area contributed by atoms with Crippen molar-refractivity contribution in [2.24, 2.45) is 0 Å². The fraction of sp³-hybridized carbons (Fsp3) is 0. The van der Waals surface area contributed by atoms with Gasteiger partial charge < -0.3 is 0 Å². The molecule has 0 aliphatic rings. The predicted molar refractivity (Wildman–Crippen MR) is 76.0 cm³/mol. The zero-order valence-electron chi connectivity index (χ0n) is 9.82. The van der Waals surface area contributed by atoms with Crippen LogP contribution in [0.5, 0.6) is 0 Å². The van der Waals surface area contributed by atoms with Gasteiger partial charge in [-0.3, -0.25) is 0 Å². The van der Waals surface area contributed by atoms with E-state index in [9.17, 15) is 8.42 Å². The zero-order valence-corrected chi connectivity index (χ0v) is 11.4. The number of hydrogen-bond donors (Lipinski definition) is 0. The molecule has 3 nitrogen and oxygen atoms in total. The topological polar surface area (TPSA) is 39.1 Å². The van der Waals surface area contributed by atoms with Gasteiger partial charge >= 0.3 is 0 Å². The summed E-state index contributed by atoms with van der Waals surface area (Å²) >= 11 is 5.91. The molecule has 3 aromatic rings. The molecule has 5 heteroatoms. The van der Waals surface area contributed by atoms with Gasteiger partial charge in [0.1, 0.15) is 5.15 Å². The Hall–Kier alpha value is -1.78. The van der Waals surface area contributed by atoms with Crippen molar-refractivity contribution >= 4 is 32.4 Å². The highest BCUT2D eigenvalue weighted by atomic mass is 35.5. The van der Waals surface area contributed by atoms with E-state index in [-0.39, 0.29) is 10.0 Å². The third-order valence-corrected chi connectivity index (χ3v) is 5.11. The molecule has 96 valence electrons. The van der Waals surface area contributed by atoms with Crippen LogP contribution >= 0.6 is 11.6 Å². The molecule has 0 unspecified atom stereocenters. The summed E-state index contributed by atoms with van der Waals surface area (Å²) in [5.74, 6) is 0. The average Bonchev–Trinajstić information content (AvgIpc) is 2.85. The summed E-state index contributed by atoms with van der Waals surface area (Å²) in [6.45, 7) is 0. The summed E-state index contributed by atoms with van der Waals surface area (Å²) in [5.41, 5.74) is 0. The van der Waals surface area contributed by atoms with Crippen LogP contribution in [0.4, 0.5) is 0 Å². The molecule has 0 radical (unpaired) electrons. The van der Waals surface area contributed by atoms with Gasteiger partial charge in [0.05, 0.1) is 4.90 Å². The fourth-order valence-corrected chi connectivity index (χ4v) is 3.92. The SMILES string of the molecule is O=S(=O)(c1cccc2ccccc12)n1cccc1Cl. The first-order valence-corrected chi connectivity index (χ1v) is 7.49. The van der Waals surface area contributed by atoms with E-state index in [1.54, 1.807) is 30.3 Å². The molecule has 0 N–H and O–H groups in total. The second-order valence-electron chi connectivity index (χ2n) is 4.11. The number of nitrogens with zero attached hydrogens (tertiary/aromatic N) is 1. The molecule has 19 heavy (non-hydrogen) atoms. The van der Waals surface area contributed by atoms with Crippen LogP contribution < -0.4 is 0 Å². The molecule has 1 aromatic heterocycles. The quantitative estimate of drug-likeness (QED) is 0.724. The van der Waals surface area contributed by atoms with E-state index in [1.807, 2.05) is 24.3 Å². The molecule has 0 aliphatic carbocycles. The van der Waals surface area contributed by atoms with E-state index in [0.717, 1.165) is 9.36 Å². The first-order valence-electron chi connectivity index (χ1n) is 5.67. The summed E-state index contributed by atoms with van der Waals surface area (Å²) < 4.78 is 26.3. The molecule has 2 aromatic carbocycles. The van der Waals surface area contributed by atoms with Gasteiger partial charge in [-0.05, 0) is 23.6 Å². The lowest BCUT2D eigenvalue weighted by molar-refractivity contribution is 0.588. The highest BCUT2D eigenvalue weighted by molar-refractivity contribution is 7.90. The minimum Gasteiger partial charge on any atom is -0.231 e. The smallest absolute Gasteiger partial charge is 0.231 e. The summed E-state index contributed by atoms with van der Waals surface area (Å²) in [7, 11) is -3.67. The number of benzene rings is 2. The Labute approximate surface area is 116 Å². The molecule has 0 aliphatic heterocycles. The lowest BCUT2D eigenvalue weighted by Gasteiger charge is -2.10. The van der Waals surface area contributed by atoms with Crippen LogP contribution in [0.1, 0.15) is 0 Å². The third kappa shape index (κ3) is 1.93. The van der Waals surface area contributed by atoms with Crippen molar-refractivity contribution in [2.75, 3.05) is 0 Å².